The van der Waals surface area contributed by atoms with Gasteiger partial charge in [0, 0.05) is 31.1 Å². The lowest BCUT2D eigenvalue weighted by Gasteiger charge is -2.18. The summed E-state index contributed by atoms with van der Waals surface area (Å²) >= 11 is 0. The molecule has 1 aromatic heterocycles. The first-order valence-electron chi connectivity index (χ1n) is 6.13. The summed E-state index contributed by atoms with van der Waals surface area (Å²) in [6, 6.07) is 3.37. The van der Waals surface area contributed by atoms with Gasteiger partial charge in [0.2, 0.25) is 0 Å². The van der Waals surface area contributed by atoms with Gasteiger partial charge in [-0.05, 0) is 12.6 Å². The maximum Gasteiger partial charge on any atom is 0.138 e. The summed E-state index contributed by atoms with van der Waals surface area (Å²) in [6.45, 7) is 2.62. The smallest absolute Gasteiger partial charge is 0.138 e. The van der Waals surface area contributed by atoms with Crippen LogP contribution in [-0.2, 0) is 13.5 Å². The Morgan fingerprint density at radius 3 is 2.74 bits per heavy atom. The van der Waals surface area contributed by atoms with E-state index in [0.29, 0.717) is 18.5 Å². The number of aryl methyl sites for hydroxylation is 1. The lowest BCUT2D eigenvalue weighted by Crippen LogP contribution is -2.25. The Labute approximate surface area is 110 Å². The normalized spacial score (nSPS) is 12.6. The largest absolute Gasteiger partial charge is 0.310 e. The van der Waals surface area contributed by atoms with Gasteiger partial charge in [0.15, 0.2) is 0 Å². The summed E-state index contributed by atoms with van der Waals surface area (Å²) in [6.07, 6.45) is 1.95. The zero-order chi connectivity index (χ0) is 13.8. The molecular weight excluding hydrogens is 250 g/mol. The number of benzene rings is 1. The van der Waals surface area contributed by atoms with Crippen LogP contribution in [0.15, 0.2) is 24.5 Å². The maximum absolute atomic E-state index is 13.8. The molecule has 0 aliphatic rings. The third-order valence-electron chi connectivity index (χ3n) is 2.98. The van der Waals surface area contributed by atoms with Crippen LogP contribution in [0.25, 0.3) is 0 Å². The summed E-state index contributed by atoms with van der Waals surface area (Å²) in [7, 11) is 1.78. The van der Waals surface area contributed by atoms with Gasteiger partial charge in [-0.2, -0.15) is 5.10 Å². The second-order valence-electron chi connectivity index (χ2n) is 4.28. The van der Waals surface area contributed by atoms with Crippen LogP contribution in [0, 0.1) is 11.6 Å². The molecule has 0 saturated heterocycles. The molecule has 0 amide bonds. The van der Waals surface area contributed by atoms with Gasteiger partial charge in [-0.15, -0.1) is 0 Å². The van der Waals surface area contributed by atoms with Crippen molar-refractivity contribution in [2.75, 3.05) is 6.54 Å². The van der Waals surface area contributed by atoms with Crippen LogP contribution in [0.1, 0.15) is 24.4 Å². The number of nitrogens with one attached hydrogen (secondary N) is 1. The predicted octanol–water partition coefficient (Wildman–Crippen LogP) is 1.99. The third-order valence-corrected chi connectivity index (χ3v) is 2.98. The number of hydrogen-bond acceptors (Lipinski definition) is 3. The van der Waals surface area contributed by atoms with E-state index in [2.05, 4.69) is 15.4 Å². The van der Waals surface area contributed by atoms with E-state index in [4.69, 9.17) is 0 Å². The molecule has 1 aromatic carbocycles. The van der Waals surface area contributed by atoms with Gasteiger partial charge in [0.05, 0.1) is 0 Å². The zero-order valence-corrected chi connectivity index (χ0v) is 10.9. The van der Waals surface area contributed by atoms with Gasteiger partial charge in [0.1, 0.15) is 23.8 Å². The molecule has 1 unspecified atom stereocenters. The number of rotatable bonds is 5. The zero-order valence-electron chi connectivity index (χ0n) is 10.9. The Morgan fingerprint density at radius 1 is 1.37 bits per heavy atom. The van der Waals surface area contributed by atoms with E-state index in [-0.39, 0.29) is 6.04 Å². The van der Waals surface area contributed by atoms with Crippen molar-refractivity contribution < 1.29 is 8.78 Å². The van der Waals surface area contributed by atoms with Gasteiger partial charge in [-0.3, -0.25) is 4.68 Å². The minimum absolute atomic E-state index is 0.256. The van der Waals surface area contributed by atoms with E-state index in [0.717, 1.165) is 11.9 Å². The average molecular weight is 266 g/mol. The molecule has 6 heteroatoms. The average Bonchev–Trinajstić information content (AvgIpc) is 2.75. The molecule has 102 valence electrons. The predicted molar refractivity (Wildman–Crippen MR) is 67.5 cm³/mol. The summed E-state index contributed by atoms with van der Waals surface area (Å²) in [4.78, 5) is 4.13. The van der Waals surface area contributed by atoms with E-state index in [1.807, 2.05) is 6.92 Å². The topological polar surface area (TPSA) is 42.7 Å². The molecule has 2 aromatic rings. The fraction of sp³-hybridized carbons (Fsp3) is 0.385. The fourth-order valence-corrected chi connectivity index (χ4v) is 2.01. The lowest BCUT2D eigenvalue weighted by atomic mass is 10.0. The summed E-state index contributed by atoms with van der Waals surface area (Å²) in [5.74, 6) is -0.377. The summed E-state index contributed by atoms with van der Waals surface area (Å²) in [5, 5.41) is 7.17. The molecule has 1 N–H and O–H groups in total. The van der Waals surface area contributed by atoms with Gasteiger partial charge in [-0.25, -0.2) is 13.8 Å². The summed E-state index contributed by atoms with van der Waals surface area (Å²) < 4.78 is 28.4. The van der Waals surface area contributed by atoms with Crippen molar-refractivity contribution >= 4 is 0 Å². The molecule has 19 heavy (non-hydrogen) atoms. The van der Waals surface area contributed by atoms with Gasteiger partial charge < -0.3 is 5.32 Å². The first-order valence-corrected chi connectivity index (χ1v) is 6.13. The molecular formula is C13H16F2N4. The van der Waals surface area contributed by atoms with E-state index in [9.17, 15) is 8.78 Å². The number of nitrogens with zero attached hydrogens (tertiary/aromatic N) is 3. The summed E-state index contributed by atoms with van der Waals surface area (Å²) in [5.41, 5.74) is 0.436. The minimum Gasteiger partial charge on any atom is -0.310 e. The quantitative estimate of drug-likeness (QED) is 0.900. The highest BCUT2D eigenvalue weighted by atomic mass is 19.1. The Hall–Kier alpha value is -1.82. The van der Waals surface area contributed by atoms with Crippen LogP contribution in [-0.4, -0.2) is 21.3 Å². The van der Waals surface area contributed by atoms with E-state index in [1.54, 1.807) is 11.7 Å². The van der Waals surface area contributed by atoms with Crippen molar-refractivity contribution in [2.45, 2.75) is 19.4 Å². The third kappa shape index (κ3) is 3.14. The molecule has 4 nitrogen and oxygen atoms in total. The SMILES string of the molecule is CCNC(Cc1ncnn1C)c1ccc(F)cc1F. The van der Waals surface area contributed by atoms with Crippen molar-refractivity contribution in [3.05, 3.63) is 47.5 Å². The van der Waals surface area contributed by atoms with E-state index < -0.39 is 11.6 Å². The maximum atomic E-state index is 13.8. The molecule has 0 radical (unpaired) electrons. The first kappa shape index (κ1) is 13.6. The minimum atomic E-state index is -0.574. The van der Waals surface area contributed by atoms with Crippen LogP contribution in [0.5, 0.6) is 0 Å². The molecule has 0 saturated carbocycles. The van der Waals surface area contributed by atoms with Crippen molar-refractivity contribution in [3.8, 4) is 0 Å². The molecule has 1 atom stereocenters. The molecule has 1 heterocycles. The molecule has 0 spiro atoms. The highest BCUT2D eigenvalue weighted by molar-refractivity contribution is 5.23. The number of hydrogen-bond donors (Lipinski definition) is 1. The van der Waals surface area contributed by atoms with Crippen molar-refractivity contribution in [3.63, 3.8) is 0 Å². The van der Waals surface area contributed by atoms with Gasteiger partial charge >= 0.3 is 0 Å². The second-order valence-corrected chi connectivity index (χ2v) is 4.28. The number of aromatic nitrogens is 3. The van der Waals surface area contributed by atoms with E-state index >= 15 is 0 Å². The van der Waals surface area contributed by atoms with Gasteiger partial charge in [0.25, 0.3) is 0 Å². The van der Waals surface area contributed by atoms with Crippen LogP contribution in [0.4, 0.5) is 8.78 Å². The van der Waals surface area contributed by atoms with Crippen molar-refractivity contribution in [1.29, 1.82) is 0 Å². The molecule has 0 fully saturated rings. The first-order chi connectivity index (χ1) is 9.11. The Balaban J connectivity index is 2.27. The highest BCUT2D eigenvalue weighted by Gasteiger charge is 2.18. The van der Waals surface area contributed by atoms with Crippen molar-refractivity contribution in [1.82, 2.24) is 20.1 Å². The van der Waals surface area contributed by atoms with Crippen LogP contribution >= 0.6 is 0 Å². The van der Waals surface area contributed by atoms with Crippen LogP contribution < -0.4 is 5.32 Å². The number of likely N-dealkylation sites (N-methyl/N-ethyl adjacent to an activating group) is 1. The lowest BCUT2D eigenvalue weighted by molar-refractivity contribution is 0.487. The highest BCUT2D eigenvalue weighted by Crippen LogP contribution is 2.21. The monoisotopic (exact) mass is 266 g/mol. The Morgan fingerprint density at radius 2 is 2.16 bits per heavy atom. The fourth-order valence-electron chi connectivity index (χ4n) is 2.01. The molecule has 2 rings (SSSR count). The van der Waals surface area contributed by atoms with Crippen LogP contribution in [0.3, 0.4) is 0 Å². The standard InChI is InChI=1S/C13H16F2N4/c1-3-16-12(7-13-17-8-18-19(13)2)10-5-4-9(14)6-11(10)15/h4-6,8,12,16H,3,7H2,1-2H3. The van der Waals surface area contributed by atoms with E-state index in [1.165, 1.54) is 18.5 Å². The Kier molecular flexibility index (Phi) is 4.21. The second kappa shape index (κ2) is 5.88. The van der Waals surface area contributed by atoms with Gasteiger partial charge in [-0.1, -0.05) is 13.0 Å². The molecule has 0 aliphatic heterocycles. The van der Waals surface area contributed by atoms with Crippen molar-refractivity contribution in [2.24, 2.45) is 7.05 Å². The Bertz CT molecular complexity index is 553. The number of halogens is 2. The molecule has 0 aliphatic carbocycles. The van der Waals surface area contributed by atoms with Crippen LogP contribution in [0.2, 0.25) is 0 Å². The molecule has 0 bridgehead atoms.